The molecule has 1 heterocycles. The zero-order valence-corrected chi connectivity index (χ0v) is 18.8. The lowest BCUT2D eigenvalue weighted by Gasteiger charge is -2.26. The number of amides is 1. The van der Waals surface area contributed by atoms with Gasteiger partial charge in [-0.15, -0.1) is 0 Å². The molecule has 0 aliphatic carbocycles. The molecule has 0 spiro atoms. The number of benzene rings is 1. The molecule has 1 aromatic heterocycles. The van der Waals surface area contributed by atoms with Crippen molar-refractivity contribution in [1.29, 1.82) is 0 Å². The third-order valence-electron chi connectivity index (χ3n) is 4.22. The van der Waals surface area contributed by atoms with Gasteiger partial charge in [0.2, 0.25) is 5.89 Å². The summed E-state index contributed by atoms with van der Waals surface area (Å²) in [5.41, 5.74) is 2.40. The number of nitrogens with zero attached hydrogens (tertiary/aromatic N) is 3. The van der Waals surface area contributed by atoms with Crippen LogP contribution in [0.25, 0.3) is 11.5 Å². The largest absolute Gasteiger partial charge is 0.444 e. The molecule has 0 atom stereocenters. The number of aromatic nitrogens is 1. The lowest BCUT2D eigenvalue weighted by molar-refractivity contribution is 0.0264. The highest BCUT2D eigenvalue weighted by molar-refractivity contribution is 5.79. The Morgan fingerprint density at radius 2 is 1.93 bits per heavy atom. The SMILES string of the molecule is CCN(CCNC(=NC)NCc1coc(-c2ccc(C)cc2)n1)C(=O)OC(C)(C)C. The van der Waals surface area contributed by atoms with Crippen LogP contribution in [-0.4, -0.2) is 54.2 Å². The molecule has 0 saturated heterocycles. The van der Waals surface area contributed by atoms with Crippen LogP contribution in [0.1, 0.15) is 39.0 Å². The molecule has 0 fully saturated rings. The summed E-state index contributed by atoms with van der Waals surface area (Å²) in [7, 11) is 1.70. The molecule has 0 unspecified atom stereocenters. The Kier molecular flexibility index (Phi) is 8.26. The van der Waals surface area contributed by atoms with Gasteiger partial charge in [-0.2, -0.15) is 0 Å². The maximum Gasteiger partial charge on any atom is 0.410 e. The van der Waals surface area contributed by atoms with Crippen LogP contribution >= 0.6 is 0 Å². The van der Waals surface area contributed by atoms with Gasteiger partial charge in [0, 0.05) is 32.2 Å². The molecule has 2 aromatic rings. The molecule has 0 aliphatic heterocycles. The highest BCUT2D eigenvalue weighted by atomic mass is 16.6. The minimum atomic E-state index is -0.509. The summed E-state index contributed by atoms with van der Waals surface area (Å²) < 4.78 is 11.0. The number of aryl methyl sites for hydroxylation is 1. The van der Waals surface area contributed by atoms with Crippen LogP contribution in [-0.2, 0) is 11.3 Å². The molecule has 1 amide bonds. The quantitative estimate of drug-likeness (QED) is 0.531. The van der Waals surface area contributed by atoms with E-state index in [0.717, 1.165) is 11.3 Å². The lowest BCUT2D eigenvalue weighted by atomic mass is 10.1. The first-order chi connectivity index (χ1) is 14.2. The van der Waals surface area contributed by atoms with Gasteiger partial charge in [-0.25, -0.2) is 9.78 Å². The predicted octanol–water partition coefficient (Wildman–Crippen LogP) is 3.57. The molecule has 0 aliphatic rings. The minimum Gasteiger partial charge on any atom is -0.444 e. The van der Waals surface area contributed by atoms with Gasteiger partial charge in [-0.3, -0.25) is 4.99 Å². The van der Waals surface area contributed by atoms with Crippen molar-refractivity contribution in [3.63, 3.8) is 0 Å². The number of hydrogen-bond acceptors (Lipinski definition) is 5. The fourth-order valence-corrected chi connectivity index (χ4v) is 2.63. The Balaban J connectivity index is 1.81. The number of oxazole rings is 1. The first-order valence-corrected chi connectivity index (χ1v) is 10.2. The van der Waals surface area contributed by atoms with Gasteiger partial charge in [0.05, 0.1) is 12.2 Å². The molecule has 164 valence electrons. The molecule has 0 saturated carbocycles. The minimum absolute atomic E-state index is 0.319. The van der Waals surface area contributed by atoms with Crippen LogP contribution in [0.5, 0.6) is 0 Å². The van der Waals surface area contributed by atoms with E-state index in [0.29, 0.717) is 38.0 Å². The average molecular weight is 416 g/mol. The number of ether oxygens (including phenoxy) is 1. The molecule has 1 aromatic carbocycles. The van der Waals surface area contributed by atoms with Gasteiger partial charge in [0.15, 0.2) is 5.96 Å². The smallest absolute Gasteiger partial charge is 0.410 e. The first-order valence-electron chi connectivity index (χ1n) is 10.2. The molecule has 30 heavy (non-hydrogen) atoms. The van der Waals surface area contributed by atoms with E-state index in [1.165, 1.54) is 5.56 Å². The molecule has 8 nitrogen and oxygen atoms in total. The molecule has 0 bridgehead atoms. The van der Waals surface area contributed by atoms with E-state index in [-0.39, 0.29) is 6.09 Å². The predicted molar refractivity (Wildman–Crippen MR) is 118 cm³/mol. The van der Waals surface area contributed by atoms with Crippen LogP contribution in [0.15, 0.2) is 39.9 Å². The second-order valence-electron chi connectivity index (χ2n) is 7.92. The van der Waals surface area contributed by atoms with E-state index in [1.54, 1.807) is 18.2 Å². The van der Waals surface area contributed by atoms with E-state index in [9.17, 15) is 4.79 Å². The fraction of sp³-hybridized carbons (Fsp3) is 0.500. The van der Waals surface area contributed by atoms with Gasteiger partial charge in [-0.05, 0) is 46.8 Å². The molecular weight excluding hydrogens is 382 g/mol. The van der Waals surface area contributed by atoms with Crippen molar-refractivity contribution in [2.45, 2.75) is 46.8 Å². The summed E-state index contributed by atoms with van der Waals surface area (Å²) in [6.45, 7) is 11.6. The van der Waals surface area contributed by atoms with Crippen molar-refractivity contribution in [2.75, 3.05) is 26.7 Å². The standard InChI is InChI=1S/C22H33N5O3/c1-7-27(21(28)30-22(3,4)5)13-12-24-20(23-6)25-14-18-15-29-19(26-18)17-10-8-16(2)9-11-17/h8-11,15H,7,12-14H2,1-6H3,(H2,23,24,25). The summed E-state index contributed by atoms with van der Waals surface area (Å²) in [4.78, 5) is 22.6. The molecule has 8 heteroatoms. The Labute approximate surface area is 178 Å². The lowest BCUT2D eigenvalue weighted by Crippen LogP contribution is -2.44. The van der Waals surface area contributed by atoms with Gasteiger partial charge in [0.1, 0.15) is 11.9 Å². The van der Waals surface area contributed by atoms with E-state index < -0.39 is 5.60 Å². The zero-order valence-electron chi connectivity index (χ0n) is 18.8. The number of carbonyl (C=O) groups excluding carboxylic acids is 1. The van der Waals surface area contributed by atoms with Crippen molar-refractivity contribution in [2.24, 2.45) is 4.99 Å². The number of nitrogens with one attached hydrogen (secondary N) is 2. The summed E-state index contributed by atoms with van der Waals surface area (Å²) >= 11 is 0. The Morgan fingerprint density at radius 1 is 1.23 bits per heavy atom. The second kappa shape index (κ2) is 10.7. The number of carbonyl (C=O) groups is 1. The monoisotopic (exact) mass is 415 g/mol. The maximum atomic E-state index is 12.2. The molecule has 0 radical (unpaired) electrons. The highest BCUT2D eigenvalue weighted by Gasteiger charge is 2.20. The molecular formula is C22H33N5O3. The Hall–Kier alpha value is -3.03. The van der Waals surface area contributed by atoms with Crippen LogP contribution in [0.3, 0.4) is 0 Å². The topological polar surface area (TPSA) is 92.0 Å². The van der Waals surface area contributed by atoms with Crippen molar-refractivity contribution < 1.29 is 13.9 Å². The summed E-state index contributed by atoms with van der Waals surface area (Å²) in [5.74, 6) is 1.21. The highest BCUT2D eigenvalue weighted by Crippen LogP contribution is 2.19. The van der Waals surface area contributed by atoms with E-state index in [2.05, 4.69) is 20.6 Å². The first kappa shape index (κ1) is 23.3. The van der Waals surface area contributed by atoms with E-state index in [1.807, 2.05) is 58.9 Å². The zero-order chi connectivity index (χ0) is 22.1. The van der Waals surface area contributed by atoms with Gasteiger partial charge in [-0.1, -0.05) is 17.7 Å². The van der Waals surface area contributed by atoms with Crippen molar-refractivity contribution >= 4 is 12.1 Å². The van der Waals surface area contributed by atoms with Crippen molar-refractivity contribution in [3.8, 4) is 11.5 Å². The summed E-state index contributed by atoms with van der Waals surface area (Å²) in [5, 5.41) is 6.40. The van der Waals surface area contributed by atoms with E-state index in [4.69, 9.17) is 9.15 Å². The van der Waals surface area contributed by atoms with Crippen LogP contribution in [0.4, 0.5) is 4.79 Å². The molecule has 2 N–H and O–H groups in total. The Bertz CT molecular complexity index is 837. The summed E-state index contributed by atoms with van der Waals surface area (Å²) in [6.07, 6.45) is 1.32. The van der Waals surface area contributed by atoms with Gasteiger partial charge in [0.25, 0.3) is 0 Å². The van der Waals surface area contributed by atoms with E-state index >= 15 is 0 Å². The van der Waals surface area contributed by atoms with Gasteiger partial charge >= 0.3 is 6.09 Å². The fourth-order valence-electron chi connectivity index (χ4n) is 2.63. The average Bonchev–Trinajstić information content (AvgIpc) is 3.15. The number of likely N-dealkylation sites (N-methyl/N-ethyl adjacent to an activating group) is 1. The van der Waals surface area contributed by atoms with Crippen molar-refractivity contribution in [1.82, 2.24) is 20.5 Å². The second-order valence-corrected chi connectivity index (χ2v) is 7.92. The third kappa shape index (κ3) is 7.42. The van der Waals surface area contributed by atoms with Crippen LogP contribution in [0, 0.1) is 6.92 Å². The number of guanidine groups is 1. The molecule has 2 rings (SSSR count). The number of aliphatic imine (C=N–C) groups is 1. The number of rotatable bonds is 7. The normalized spacial score (nSPS) is 11.9. The van der Waals surface area contributed by atoms with Crippen molar-refractivity contribution in [3.05, 3.63) is 41.8 Å². The van der Waals surface area contributed by atoms with Crippen LogP contribution in [0.2, 0.25) is 0 Å². The maximum absolute atomic E-state index is 12.2. The summed E-state index contributed by atoms with van der Waals surface area (Å²) in [6, 6.07) is 8.03. The Morgan fingerprint density at radius 3 is 2.53 bits per heavy atom. The number of hydrogen-bond donors (Lipinski definition) is 2. The van der Waals surface area contributed by atoms with Gasteiger partial charge < -0.3 is 24.7 Å². The third-order valence-corrected chi connectivity index (χ3v) is 4.22. The van der Waals surface area contributed by atoms with Crippen LogP contribution < -0.4 is 10.6 Å².